The molecule has 4 heterocycles. The Labute approximate surface area is 183 Å². The predicted octanol–water partition coefficient (Wildman–Crippen LogP) is 5.49. The number of H-pyrrole nitrogens is 1. The molecule has 6 rings (SSSR count). The van der Waals surface area contributed by atoms with Crippen LogP contribution in [0.25, 0.3) is 33.3 Å². The van der Waals surface area contributed by atoms with Gasteiger partial charge in [-0.25, -0.2) is 0 Å². The van der Waals surface area contributed by atoms with Crippen LogP contribution < -0.4 is 5.32 Å². The van der Waals surface area contributed by atoms with Gasteiger partial charge in [0, 0.05) is 59.8 Å². The minimum absolute atomic E-state index is 0.924. The maximum Gasteiger partial charge on any atom is 0.0468 e. The van der Waals surface area contributed by atoms with Crippen molar-refractivity contribution in [2.75, 3.05) is 13.1 Å². The number of likely N-dealkylation sites (tertiary alicyclic amines) is 1. The molecule has 2 aliphatic heterocycles. The van der Waals surface area contributed by atoms with Gasteiger partial charge in [0.05, 0.1) is 0 Å². The van der Waals surface area contributed by atoms with Crippen LogP contribution in [-0.4, -0.2) is 28.0 Å². The predicted molar refractivity (Wildman–Crippen MR) is 127 cm³/mol. The van der Waals surface area contributed by atoms with E-state index in [2.05, 4.69) is 62.6 Å². The molecular weight excluding hydrogens is 380 g/mol. The molecule has 0 amide bonds. The van der Waals surface area contributed by atoms with Gasteiger partial charge in [-0.05, 0) is 84.6 Å². The van der Waals surface area contributed by atoms with Gasteiger partial charge in [-0.15, -0.1) is 0 Å². The number of aromatic nitrogens is 2. The standard InChI is InChI=1S/C27H28N4/c1-2-9-31(10-3-1)18-19-6-7-26-22(11-19)14-27(30-26)24-13-21(20-5-4-8-28-15-20)12-23-16-29-17-25(23)24/h4-8,11-15,29-30H,1-3,9-10,16-18H2. The highest BCUT2D eigenvalue weighted by atomic mass is 15.1. The molecular formula is C27H28N4. The normalized spacial score (nSPS) is 16.6. The fourth-order valence-corrected chi connectivity index (χ4v) is 5.16. The zero-order valence-electron chi connectivity index (χ0n) is 17.8. The number of fused-ring (bicyclic) bond motifs is 2. The fourth-order valence-electron chi connectivity index (χ4n) is 5.16. The number of hydrogen-bond donors (Lipinski definition) is 2. The van der Waals surface area contributed by atoms with E-state index in [1.165, 1.54) is 82.3 Å². The van der Waals surface area contributed by atoms with Crippen molar-refractivity contribution < 1.29 is 0 Å². The number of nitrogens with zero attached hydrogens (tertiary/aromatic N) is 2. The monoisotopic (exact) mass is 408 g/mol. The topological polar surface area (TPSA) is 44.0 Å². The van der Waals surface area contributed by atoms with E-state index in [1.807, 2.05) is 18.5 Å². The number of pyridine rings is 1. The third-order valence-corrected chi connectivity index (χ3v) is 6.78. The van der Waals surface area contributed by atoms with Crippen LogP contribution >= 0.6 is 0 Å². The Morgan fingerprint density at radius 1 is 0.903 bits per heavy atom. The Morgan fingerprint density at radius 3 is 2.71 bits per heavy atom. The summed E-state index contributed by atoms with van der Waals surface area (Å²) in [6, 6.07) is 18.0. The largest absolute Gasteiger partial charge is 0.355 e. The third-order valence-electron chi connectivity index (χ3n) is 6.78. The first-order valence-electron chi connectivity index (χ1n) is 11.4. The van der Waals surface area contributed by atoms with Crippen LogP contribution in [0.3, 0.4) is 0 Å². The summed E-state index contributed by atoms with van der Waals surface area (Å²) in [7, 11) is 0. The maximum atomic E-state index is 4.32. The number of rotatable bonds is 4. The van der Waals surface area contributed by atoms with Crippen LogP contribution in [0.15, 0.2) is 60.9 Å². The van der Waals surface area contributed by atoms with Gasteiger partial charge in [0.25, 0.3) is 0 Å². The number of aromatic amines is 1. The zero-order chi connectivity index (χ0) is 20.6. The molecule has 156 valence electrons. The van der Waals surface area contributed by atoms with Gasteiger partial charge in [-0.1, -0.05) is 18.6 Å². The van der Waals surface area contributed by atoms with Crippen molar-refractivity contribution in [1.29, 1.82) is 0 Å². The highest BCUT2D eigenvalue weighted by Crippen LogP contribution is 2.35. The van der Waals surface area contributed by atoms with E-state index < -0.39 is 0 Å². The Morgan fingerprint density at radius 2 is 1.84 bits per heavy atom. The van der Waals surface area contributed by atoms with E-state index in [0.29, 0.717) is 0 Å². The van der Waals surface area contributed by atoms with Crippen LogP contribution in [0.4, 0.5) is 0 Å². The van der Waals surface area contributed by atoms with Crippen LogP contribution in [0.2, 0.25) is 0 Å². The molecule has 0 unspecified atom stereocenters. The van der Waals surface area contributed by atoms with Crippen molar-refractivity contribution in [3.8, 4) is 22.4 Å². The molecule has 0 atom stereocenters. The quantitative estimate of drug-likeness (QED) is 0.470. The Bertz CT molecular complexity index is 1220. The molecule has 0 spiro atoms. The molecule has 0 saturated carbocycles. The van der Waals surface area contributed by atoms with E-state index >= 15 is 0 Å². The number of hydrogen-bond acceptors (Lipinski definition) is 3. The molecule has 4 heteroatoms. The molecule has 4 nitrogen and oxygen atoms in total. The minimum atomic E-state index is 0.924. The van der Waals surface area contributed by atoms with Gasteiger partial charge in [0.2, 0.25) is 0 Å². The van der Waals surface area contributed by atoms with Crippen molar-refractivity contribution in [1.82, 2.24) is 20.2 Å². The lowest BCUT2D eigenvalue weighted by Crippen LogP contribution is -2.28. The highest BCUT2D eigenvalue weighted by Gasteiger charge is 2.19. The Kier molecular flexibility index (Phi) is 4.82. The SMILES string of the molecule is c1cncc(-c2cc3c(c(-c4cc5cc(CN6CCCCC6)ccc5[nH]4)c2)CNC3)c1. The van der Waals surface area contributed by atoms with E-state index in [-0.39, 0.29) is 0 Å². The fraction of sp³-hybridized carbons (Fsp3) is 0.296. The average molecular weight is 409 g/mol. The second-order valence-corrected chi connectivity index (χ2v) is 8.95. The molecule has 31 heavy (non-hydrogen) atoms. The van der Waals surface area contributed by atoms with Crippen molar-refractivity contribution in [3.05, 3.63) is 77.6 Å². The van der Waals surface area contributed by atoms with Gasteiger partial charge in [-0.3, -0.25) is 9.88 Å². The average Bonchev–Trinajstić information content (AvgIpc) is 3.46. The summed E-state index contributed by atoms with van der Waals surface area (Å²) in [6.07, 6.45) is 7.84. The highest BCUT2D eigenvalue weighted by molar-refractivity contribution is 5.88. The van der Waals surface area contributed by atoms with Gasteiger partial charge >= 0.3 is 0 Å². The summed E-state index contributed by atoms with van der Waals surface area (Å²) >= 11 is 0. The van der Waals surface area contributed by atoms with E-state index in [4.69, 9.17) is 0 Å². The summed E-state index contributed by atoms with van der Waals surface area (Å²) in [5.41, 5.74) is 10.3. The van der Waals surface area contributed by atoms with Crippen molar-refractivity contribution in [2.45, 2.75) is 38.9 Å². The molecule has 0 bridgehead atoms. The van der Waals surface area contributed by atoms with Crippen molar-refractivity contribution in [3.63, 3.8) is 0 Å². The molecule has 2 aromatic carbocycles. The lowest BCUT2D eigenvalue weighted by molar-refractivity contribution is 0.221. The van der Waals surface area contributed by atoms with E-state index in [9.17, 15) is 0 Å². The molecule has 0 aliphatic carbocycles. The molecule has 4 aromatic rings. The first-order chi connectivity index (χ1) is 15.3. The molecule has 2 aliphatic rings. The minimum Gasteiger partial charge on any atom is -0.355 e. The first-order valence-corrected chi connectivity index (χ1v) is 11.4. The summed E-state index contributed by atoms with van der Waals surface area (Å²) in [6.45, 7) is 5.38. The maximum absolute atomic E-state index is 4.32. The van der Waals surface area contributed by atoms with Gasteiger partial charge in [0.15, 0.2) is 0 Å². The van der Waals surface area contributed by atoms with Crippen LogP contribution in [0.5, 0.6) is 0 Å². The summed E-state index contributed by atoms with van der Waals surface area (Å²) < 4.78 is 0. The van der Waals surface area contributed by atoms with Gasteiger partial charge < -0.3 is 10.3 Å². The summed E-state index contributed by atoms with van der Waals surface area (Å²) in [5.74, 6) is 0. The number of nitrogens with one attached hydrogen (secondary N) is 2. The summed E-state index contributed by atoms with van der Waals surface area (Å²) in [4.78, 5) is 10.6. The number of piperidine rings is 1. The Hall–Kier alpha value is -2.95. The van der Waals surface area contributed by atoms with Gasteiger partial charge in [0.1, 0.15) is 0 Å². The van der Waals surface area contributed by atoms with Crippen LogP contribution in [-0.2, 0) is 19.6 Å². The van der Waals surface area contributed by atoms with Crippen LogP contribution in [0, 0.1) is 0 Å². The van der Waals surface area contributed by atoms with Gasteiger partial charge in [-0.2, -0.15) is 0 Å². The molecule has 1 fully saturated rings. The second kappa shape index (κ2) is 7.95. The number of benzene rings is 2. The zero-order valence-corrected chi connectivity index (χ0v) is 17.8. The van der Waals surface area contributed by atoms with Crippen molar-refractivity contribution >= 4 is 10.9 Å². The van der Waals surface area contributed by atoms with E-state index in [1.54, 1.807) is 0 Å². The molecule has 1 saturated heterocycles. The second-order valence-electron chi connectivity index (χ2n) is 8.95. The molecule has 2 N–H and O–H groups in total. The van der Waals surface area contributed by atoms with Crippen molar-refractivity contribution in [2.24, 2.45) is 0 Å². The lowest BCUT2D eigenvalue weighted by Gasteiger charge is -2.26. The third kappa shape index (κ3) is 3.67. The lowest BCUT2D eigenvalue weighted by atomic mass is 9.95. The molecule has 0 radical (unpaired) electrons. The molecule has 2 aromatic heterocycles. The van der Waals surface area contributed by atoms with E-state index in [0.717, 1.165) is 19.6 Å². The summed E-state index contributed by atoms with van der Waals surface area (Å²) in [5, 5.41) is 4.83. The van der Waals surface area contributed by atoms with Crippen LogP contribution in [0.1, 0.15) is 36.0 Å². The first kappa shape index (κ1) is 18.8. The Balaban J connectivity index is 1.38. The smallest absolute Gasteiger partial charge is 0.0468 e.